The van der Waals surface area contributed by atoms with Crippen LogP contribution < -0.4 is 15.6 Å². The quantitative estimate of drug-likeness (QED) is 0.735. The third-order valence-corrected chi connectivity index (χ3v) is 6.74. The molecular weight excluding hydrogens is 394 g/mol. The smallest absolute Gasteiger partial charge is 0.407 e. The molecule has 0 unspecified atom stereocenters. The van der Waals surface area contributed by atoms with Gasteiger partial charge in [0, 0.05) is 31.4 Å². The van der Waals surface area contributed by atoms with E-state index in [0.29, 0.717) is 5.02 Å². The van der Waals surface area contributed by atoms with E-state index in [1.54, 1.807) is 6.20 Å². The summed E-state index contributed by atoms with van der Waals surface area (Å²) in [5.74, 6) is 0. The van der Waals surface area contributed by atoms with Gasteiger partial charge in [0.2, 0.25) is 0 Å². The number of carbonyl (C=O) groups excluding carboxylic acids is 1. The lowest BCUT2D eigenvalue weighted by Gasteiger charge is -2.34. The van der Waals surface area contributed by atoms with Crippen molar-refractivity contribution in [3.8, 4) is 0 Å². The Kier molecular flexibility index (Phi) is 5.69. The number of amides is 1. The van der Waals surface area contributed by atoms with Crippen LogP contribution in [0.5, 0.6) is 0 Å². The number of nitrogens with one attached hydrogen (secondary N) is 1. The molecule has 0 radical (unpaired) electrons. The molecule has 2 aromatic heterocycles. The monoisotopic (exact) mass is 423 g/mol. The molecule has 28 heavy (non-hydrogen) atoms. The summed E-state index contributed by atoms with van der Waals surface area (Å²) >= 11 is 6.51. The SMILES string of the molecule is CC(C)(C)OC(=O)NC1CCN(c2c(Cl)cnc3cc([Si](C)(C)C)oc23)CC1. The molecule has 2 aromatic rings. The zero-order valence-corrected chi connectivity index (χ0v) is 19.3. The maximum atomic E-state index is 12.0. The lowest BCUT2D eigenvalue weighted by molar-refractivity contribution is 0.0497. The fourth-order valence-electron chi connectivity index (χ4n) is 3.33. The molecule has 154 valence electrons. The second-order valence-corrected chi connectivity index (χ2v) is 14.8. The van der Waals surface area contributed by atoms with Gasteiger partial charge in [-0.05, 0) is 33.6 Å². The molecule has 1 fully saturated rings. The second-order valence-electron chi connectivity index (χ2n) is 9.44. The largest absolute Gasteiger partial charge is 0.462 e. The van der Waals surface area contributed by atoms with Crippen molar-refractivity contribution in [3.63, 3.8) is 0 Å². The average Bonchev–Trinajstić information content (AvgIpc) is 2.98. The molecule has 0 aromatic carbocycles. The highest BCUT2D eigenvalue weighted by Crippen LogP contribution is 2.35. The second kappa shape index (κ2) is 7.59. The molecule has 0 spiro atoms. The lowest BCUT2D eigenvalue weighted by atomic mass is 10.0. The zero-order valence-electron chi connectivity index (χ0n) is 17.6. The van der Waals surface area contributed by atoms with E-state index < -0.39 is 13.7 Å². The van der Waals surface area contributed by atoms with Crippen LogP contribution in [-0.2, 0) is 4.74 Å². The number of ether oxygens (including phenoxy) is 1. The van der Waals surface area contributed by atoms with E-state index >= 15 is 0 Å². The fraction of sp³-hybridized carbons (Fsp3) is 0.600. The Morgan fingerprint density at radius 1 is 1.32 bits per heavy atom. The predicted octanol–water partition coefficient (Wildman–Crippen LogP) is 4.52. The third-order valence-electron chi connectivity index (χ3n) is 4.74. The number of nitrogens with zero attached hydrogens (tertiary/aromatic N) is 2. The molecule has 1 aliphatic rings. The highest BCUT2D eigenvalue weighted by molar-refractivity contribution is 6.87. The van der Waals surface area contributed by atoms with Gasteiger partial charge in [0.25, 0.3) is 0 Å². The van der Waals surface area contributed by atoms with Crippen LogP contribution in [0.4, 0.5) is 10.5 Å². The van der Waals surface area contributed by atoms with Crippen LogP contribution in [0.25, 0.3) is 11.1 Å². The Labute approximate surface area is 172 Å². The van der Waals surface area contributed by atoms with Gasteiger partial charge in [0.05, 0.1) is 10.4 Å². The predicted molar refractivity (Wildman–Crippen MR) is 117 cm³/mol. The maximum absolute atomic E-state index is 12.0. The maximum Gasteiger partial charge on any atom is 0.407 e. The van der Waals surface area contributed by atoms with Crippen molar-refractivity contribution in [3.05, 3.63) is 17.3 Å². The summed E-state index contributed by atoms with van der Waals surface area (Å²) in [7, 11) is -1.59. The van der Waals surface area contributed by atoms with Crippen LogP contribution in [0, 0.1) is 0 Å². The minimum atomic E-state index is -1.59. The number of halogens is 1. The molecule has 0 atom stereocenters. The Balaban J connectivity index is 1.74. The van der Waals surface area contributed by atoms with Crippen LogP contribution in [0.2, 0.25) is 24.7 Å². The van der Waals surface area contributed by atoms with E-state index in [1.165, 1.54) is 0 Å². The van der Waals surface area contributed by atoms with Crippen LogP contribution >= 0.6 is 11.6 Å². The van der Waals surface area contributed by atoms with Crippen molar-refractivity contribution in [2.45, 2.75) is 64.9 Å². The van der Waals surface area contributed by atoms with Crippen molar-refractivity contribution in [2.75, 3.05) is 18.0 Å². The first-order chi connectivity index (χ1) is 12.9. The Morgan fingerprint density at radius 2 is 1.96 bits per heavy atom. The highest BCUT2D eigenvalue weighted by Gasteiger charge is 2.28. The number of anilines is 1. The van der Waals surface area contributed by atoms with Crippen molar-refractivity contribution in [2.24, 2.45) is 0 Å². The van der Waals surface area contributed by atoms with Crippen LogP contribution in [-0.4, -0.2) is 43.9 Å². The van der Waals surface area contributed by atoms with E-state index in [2.05, 4.69) is 40.9 Å². The van der Waals surface area contributed by atoms with Gasteiger partial charge in [-0.1, -0.05) is 31.2 Å². The first-order valence-electron chi connectivity index (χ1n) is 9.77. The summed E-state index contributed by atoms with van der Waals surface area (Å²) in [6, 6.07) is 2.15. The molecule has 1 saturated heterocycles. The first kappa shape index (κ1) is 21.0. The molecule has 3 heterocycles. The van der Waals surface area contributed by atoms with E-state index in [9.17, 15) is 4.79 Å². The zero-order chi connectivity index (χ0) is 20.7. The van der Waals surface area contributed by atoms with Crippen molar-refractivity contribution >= 4 is 47.9 Å². The van der Waals surface area contributed by atoms with Crippen LogP contribution in [0.15, 0.2) is 16.7 Å². The standard InChI is InChI=1S/C20H30ClN3O3Si/c1-20(2,3)27-19(25)23-13-7-9-24(10-8-13)17-14(21)12-22-15-11-16(26-18(15)17)28(4,5)6/h11-13H,7-10H2,1-6H3,(H,23,25). The number of hydrogen-bond acceptors (Lipinski definition) is 5. The number of hydrogen-bond donors (Lipinski definition) is 1. The number of furan rings is 1. The third kappa shape index (κ3) is 4.81. The van der Waals surface area contributed by atoms with Gasteiger partial charge in [-0.25, -0.2) is 4.79 Å². The van der Waals surface area contributed by atoms with Crippen LogP contribution in [0.3, 0.4) is 0 Å². The van der Waals surface area contributed by atoms with Crippen molar-refractivity contribution in [1.82, 2.24) is 10.3 Å². The van der Waals surface area contributed by atoms with Gasteiger partial charge in [-0.3, -0.25) is 4.98 Å². The Bertz CT molecular complexity index is 862. The van der Waals surface area contributed by atoms with Crippen molar-refractivity contribution in [1.29, 1.82) is 0 Å². The fourth-order valence-corrected chi connectivity index (χ4v) is 4.56. The lowest BCUT2D eigenvalue weighted by Crippen LogP contribution is -2.46. The van der Waals surface area contributed by atoms with Gasteiger partial charge in [0.15, 0.2) is 5.58 Å². The highest BCUT2D eigenvalue weighted by atomic mass is 35.5. The van der Waals surface area contributed by atoms with Crippen LogP contribution in [0.1, 0.15) is 33.6 Å². The number of aromatic nitrogens is 1. The summed E-state index contributed by atoms with van der Waals surface area (Å²) in [6.45, 7) is 13.9. The molecule has 1 aliphatic heterocycles. The molecular formula is C20H30ClN3O3Si. The minimum Gasteiger partial charge on any atom is -0.462 e. The van der Waals surface area contributed by atoms with E-state index in [4.69, 9.17) is 20.8 Å². The Morgan fingerprint density at radius 3 is 2.54 bits per heavy atom. The summed E-state index contributed by atoms with van der Waals surface area (Å²) in [5.41, 5.74) is 2.04. The number of alkyl carbamates (subject to hydrolysis) is 1. The summed E-state index contributed by atoms with van der Waals surface area (Å²) in [4.78, 5) is 18.7. The first-order valence-corrected chi connectivity index (χ1v) is 13.6. The molecule has 6 nitrogen and oxygen atoms in total. The minimum absolute atomic E-state index is 0.0938. The molecule has 8 heteroatoms. The van der Waals surface area contributed by atoms with Gasteiger partial charge in [-0.2, -0.15) is 0 Å². The number of fused-ring (bicyclic) bond motifs is 1. The molecule has 0 saturated carbocycles. The number of pyridine rings is 1. The van der Waals surface area contributed by atoms with Crippen molar-refractivity contribution < 1.29 is 13.9 Å². The number of carbonyl (C=O) groups is 1. The van der Waals surface area contributed by atoms with Gasteiger partial charge < -0.3 is 19.4 Å². The molecule has 1 amide bonds. The average molecular weight is 424 g/mol. The summed E-state index contributed by atoms with van der Waals surface area (Å²) in [6.07, 6.45) is 2.98. The Hall–Kier alpha value is -1.73. The molecule has 0 bridgehead atoms. The topological polar surface area (TPSA) is 67.6 Å². The van der Waals surface area contributed by atoms with E-state index in [0.717, 1.165) is 48.1 Å². The van der Waals surface area contributed by atoms with E-state index in [-0.39, 0.29) is 12.1 Å². The number of rotatable bonds is 3. The molecule has 1 N–H and O–H groups in total. The number of piperidine rings is 1. The normalized spacial score (nSPS) is 16.5. The van der Waals surface area contributed by atoms with Gasteiger partial charge in [0.1, 0.15) is 24.9 Å². The summed E-state index contributed by atoms with van der Waals surface area (Å²) in [5, 5.41) is 4.60. The van der Waals surface area contributed by atoms with Gasteiger partial charge >= 0.3 is 6.09 Å². The van der Waals surface area contributed by atoms with Gasteiger partial charge in [-0.15, -0.1) is 0 Å². The van der Waals surface area contributed by atoms with E-state index in [1.807, 2.05) is 20.8 Å². The molecule has 3 rings (SSSR count). The summed E-state index contributed by atoms with van der Waals surface area (Å²) < 4.78 is 11.6. The molecule has 0 aliphatic carbocycles.